The Labute approximate surface area is 174 Å². The summed E-state index contributed by atoms with van der Waals surface area (Å²) in [6, 6.07) is 26.1. The van der Waals surface area contributed by atoms with Crippen molar-refractivity contribution in [1.82, 2.24) is 14.0 Å². The fourth-order valence-electron chi connectivity index (χ4n) is 4.59. The van der Waals surface area contributed by atoms with E-state index >= 15 is 0 Å². The van der Waals surface area contributed by atoms with E-state index in [0.717, 1.165) is 11.4 Å². The molecule has 3 heterocycles. The molecule has 0 radical (unpaired) electrons. The van der Waals surface area contributed by atoms with Crippen LogP contribution >= 0.6 is 0 Å². The predicted octanol–water partition coefficient (Wildman–Crippen LogP) is 6.72. The number of fused-ring (bicyclic) bond motifs is 4. The third kappa shape index (κ3) is 2.49. The van der Waals surface area contributed by atoms with Gasteiger partial charge in [-0.3, -0.25) is 4.57 Å². The Morgan fingerprint density at radius 2 is 1.53 bits per heavy atom. The Kier molecular flexibility index (Phi) is 3.59. The molecule has 0 aliphatic heterocycles. The molecule has 3 nitrogen and oxygen atoms in total. The topological polar surface area (TPSA) is 22.2 Å². The van der Waals surface area contributed by atoms with Crippen LogP contribution in [-0.2, 0) is 0 Å². The second kappa shape index (κ2) is 6.33. The Morgan fingerprint density at radius 1 is 0.733 bits per heavy atom. The van der Waals surface area contributed by atoms with Crippen LogP contribution in [0, 0.1) is 13.8 Å². The Hall–Kier alpha value is -3.85. The van der Waals surface area contributed by atoms with Crippen LogP contribution in [0.5, 0.6) is 0 Å². The molecule has 0 bridgehead atoms. The molecule has 0 unspecified atom stereocenters. The average molecular weight is 387 g/mol. The molecular formula is C27H21N3. The van der Waals surface area contributed by atoms with Crippen molar-refractivity contribution < 1.29 is 0 Å². The van der Waals surface area contributed by atoms with Crippen LogP contribution in [0.4, 0.5) is 0 Å². The van der Waals surface area contributed by atoms with Crippen molar-refractivity contribution in [3.63, 3.8) is 0 Å². The van der Waals surface area contributed by atoms with Gasteiger partial charge in [0.2, 0.25) is 0 Å². The molecule has 6 rings (SSSR count). The quantitative estimate of drug-likeness (QED) is 0.323. The maximum absolute atomic E-state index is 4.71. The molecule has 6 aromatic rings. The largest absolute Gasteiger partial charge is 0.316 e. The van der Waals surface area contributed by atoms with Crippen LogP contribution in [0.2, 0.25) is 0 Å². The van der Waals surface area contributed by atoms with Crippen molar-refractivity contribution in [1.29, 1.82) is 0 Å². The summed E-state index contributed by atoms with van der Waals surface area (Å²) < 4.78 is 4.48. The number of nitrogens with zero attached hydrogens (tertiary/aromatic N) is 3. The highest BCUT2D eigenvalue weighted by atomic mass is 15.1. The molecule has 144 valence electrons. The molecule has 0 atom stereocenters. The SMILES string of the molecule is Cc1cccc(C)c1-n1ccnc1-c1ccc2cn3c(cc2c1)cc1ccccc13. The fourth-order valence-corrected chi connectivity index (χ4v) is 4.59. The van der Waals surface area contributed by atoms with Crippen molar-refractivity contribution in [2.24, 2.45) is 0 Å². The van der Waals surface area contributed by atoms with Crippen LogP contribution in [0.15, 0.2) is 91.4 Å². The standard InChI is InChI=1S/C27H21N3/c1-18-6-5-7-19(2)26(18)29-13-12-28-27(29)21-10-11-22-17-30-24(16-23(22)14-21)15-20-8-3-4-9-25(20)30/h3-17H,1-2H3. The minimum atomic E-state index is 0.967. The minimum Gasteiger partial charge on any atom is -0.316 e. The van der Waals surface area contributed by atoms with Gasteiger partial charge in [-0.25, -0.2) is 4.98 Å². The van der Waals surface area contributed by atoms with Crippen molar-refractivity contribution >= 4 is 27.2 Å². The van der Waals surface area contributed by atoms with Gasteiger partial charge < -0.3 is 4.40 Å². The number of hydrogen-bond donors (Lipinski definition) is 0. The lowest BCUT2D eigenvalue weighted by Crippen LogP contribution is -2.01. The van der Waals surface area contributed by atoms with E-state index in [9.17, 15) is 0 Å². The van der Waals surface area contributed by atoms with Crippen molar-refractivity contribution in [3.05, 3.63) is 103 Å². The number of aryl methyl sites for hydroxylation is 2. The highest BCUT2D eigenvalue weighted by Crippen LogP contribution is 2.30. The summed E-state index contributed by atoms with van der Waals surface area (Å²) in [5.74, 6) is 0.967. The van der Waals surface area contributed by atoms with E-state index in [4.69, 9.17) is 4.98 Å². The molecule has 0 saturated carbocycles. The predicted molar refractivity (Wildman–Crippen MR) is 124 cm³/mol. The van der Waals surface area contributed by atoms with Crippen LogP contribution in [0.25, 0.3) is 44.3 Å². The fraction of sp³-hybridized carbons (Fsp3) is 0.0741. The van der Waals surface area contributed by atoms with Crippen molar-refractivity contribution in [2.75, 3.05) is 0 Å². The van der Waals surface area contributed by atoms with Gasteiger partial charge in [0.25, 0.3) is 0 Å². The monoisotopic (exact) mass is 387 g/mol. The molecule has 0 aliphatic rings. The summed E-state index contributed by atoms with van der Waals surface area (Å²) in [7, 11) is 0. The first-order valence-electron chi connectivity index (χ1n) is 10.2. The zero-order valence-electron chi connectivity index (χ0n) is 17.0. The number of para-hydroxylation sites is 2. The average Bonchev–Trinajstić information content (AvgIpc) is 3.36. The van der Waals surface area contributed by atoms with Gasteiger partial charge in [0.1, 0.15) is 5.82 Å². The maximum atomic E-state index is 4.71. The lowest BCUT2D eigenvalue weighted by atomic mass is 10.1. The van der Waals surface area contributed by atoms with Gasteiger partial charge in [-0.1, -0.05) is 48.5 Å². The highest BCUT2D eigenvalue weighted by molar-refractivity contribution is 5.95. The maximum Gasteiger partial charge on any atom is 0.144 e. The van der Waals surface area contributed by atoms with E-state index in [1.54, 1.807) is 0 Å². The van der Waals surface area contributed by atoms with Crippen LogP contribution in [0.3, 0.4) is 0 Å². The van der Waals surface area contributed by atoms with Crippen LogP contribution in [-0.4, -0.2) is 14.0 Å². The minimum absolute atomic E-state index is 0.967. The van der Waals surface area contributed by atoms with Gasteiger partial charge in [0.15, 0.2) is 0 Å². The molecule has 3 aromatic heterocycles. The van der Waals surface area contributed by atoms with Gasteiger partial charge in [-0.15, -0.1) is 0 Å². The third-order valence-corrected chi connectivity index (χ3v) is 6.02. The van der Waals surface area contributed by atoms with Crippen LogP contribution in [0.1, 0.15) is 11.1 Å². The Bertz CT molecular complexity index is 1550. The summed E-state index contributed by atoms with van der Waals surface area (Å²) >= 11 is 0. The van der Waals surface area contributed by atoms with E-state index < -0.39 is 0 Å². The van der Waals surface area contributed by atoms with E-state index in [-0.39, 0.29) is 0 Å². The lowest BCUT2D eigenvalue weighted by molar-refractivity contribution is 1.03. The Balaban J connectivity index is 1.55. The zero-order chi connectivity index (χ0) is 20.2. The van der Waals surface area contributed by atoms with E-state index in [1.807, 2.05) is 6.20 Å². The van der Waals surface area contributed by atoms with Crippen molar-refractivity contribution in [2.45, 2.75) is 13.8 Å². The zero-order valence-corrected chi connectivity index (χ0v) is 17.0. The summed E-state index contributed by atoms with van der Waals surface area (Å²) in [5, 5.41) is 3.70. The van der Waals surface area contributed by atoms with E-state index in [0.29, 0.717) is 0 Å². The number of imidazole rings is 1. The second-order valence-electron chi connectivity index (χ2n) is 7.98. The Morgan fingerprint density at radius 3 is 2.40 bits per heavy atom. The van der Waals surface area contributed by atoms with Gasteiger partial charge in [-0.05, 0) is 60.0 Å². The number of rotatable bonds is 2. The number of aromatic nitrogens is 3. The molecule has 0 fully saturated rings. The smallest absolute Gasteiger partial charge is 0.144 e. The van der Waals surface area contributed by atoms with Crippen molar-refractivity contribution in [3.8, 4) is 17.1 Å². The first-order valence-corrected chi connectivity index (χ1v) is 10.2. The van der Waals surface area contributed by atoms with Gasteiger partial charge in [0.05, 0.1) is 11.2 Å². The number of benzene rings is 3. The summed E-state index contributed by atoms with van der Waals surface area (Å²) in [6.45, 7) is 4.31. The molecule has 30 heavy (non-hydrogen) atoms. The molecule has 0 amide bonds. The van der Waals surface area contributed by atoms with E-state index in [1.165, 1.54) is 44.0 Å². The first kappa shape index (κ1) is 17.0. The lowest BCUT2D eigenvalue weighted by Gasteiger charge is -2.14. The first-order chi connectivity index (χ1) is 14.7. The van der Waals surface area contributed by atoms with Gasteiger partial charge >= 0.3 is 0 Å². The molecule has 0 aliphatic carbocycles. The van der Waals surface area contributed by atoms with Gasteiger partial charge in [0, 0.05) is 35.1 Å². The van der Waals surface area contributed by atoms with E-state index in [2.05, 4.69) is 108 Å². The third-order valence-electron chi connectivity index (χ3n) is 6.02. The number of hydrogen-bond acceptors (Lipinski definition) is 1. The normalized spacial score (nSPS) is 11.7. The molecule has 0 spiro atoms. The van der Waals surface area contributed by atoms with Gasteiger partial charge in [-0.2, -0.15) is 0 Å². The van der Waals surface area contributed by atoms with Crippen LogP contribution < -0.4 is 0 Å². The molecule has 0 N–H and O–H groups in total. The summed E-state index contributed by atoms with van der Waals surface area (Å²) in [4.78, 5) is 4.71. The second-order valence-corrected chi connectivity index (χ2v) is 7.98. The summed E-state index contributed by atoms with van der Waals surface area (Å²) in [6.07, 6.45) is 6.17. The molecular weight excluding hydrogens is 366 g/mol. The molecule has 3 heteroatoms. The molecule has 3 aromatic carbocycles. The molecule has 0 saturated heterocycles. The highest BCUT2D eigenvalue weighted by Gasteiger charge is 2.13. The summed E-state index contributed by atoms with van der Waals surface area (Å²) in [5.41, 5.74) is 7.27. The number of pyridine rings is 1.